The van der Waals surface area contributed by atoms with Crippen LogP contribution < -0.4 is 11.1 Å². The van der Waals surface area contributed by atoms with E-state index in [1.807, 2.05) is 0 Å². The van der Waals surface area contributed by atoms with Gasteiger partial charge in [0.1, 0.15) is 11.6 Å². The van der Waals surface area contributed by atoms with Gasteiger partial charge in [0.05, 0.1) is 0 Å². The third kappa shape index (κ3) is 2.49. The van der Waals surface area contributed by atoms with Crippen LogP contribution in [0.25, 0.3) is 0 Å². The van der Waals surface area contributed by atoms with Crippen LogP contribution in [0.15, 0.2) is 18.2 Å². The summed E-state index contributed by atoms with van der Waals surface area (Å²) in [7, 11) is 0. The fourth-order valence-corrected chi connectivity index (χ4v) is 1.33. The summed E-state index contributed by atoms with van der Waals surface area (Å²) in [6.45, 7) is 2.69. The van der Waals surface area contributed by atoms with Crippen molar-refractivity contribution in [3.8, 4) is 0 Å². The number of nitrogens with two attached hydrogens (primary N) is 1. The molecule has 4 heteroatoms. The number of hydrogen-bond acceptors (Lipinski definition) is 2. The molecule has 1 unspecified atom stereocenters. The Bertz CT molecular complexity index is 282. The van der Waals surface area contributed by atoms with Crippen molar-refractivity contribution in [1.29, 1.82) is 0 Å². The molecule has 0 aromatic heterocycles. The second kappa shape index (κ2) is 5.02. The van der Waals surface area contributed by atoms with E-state index in [2.05, 4.69) is 5.32 Å². The maximum absolute atomic E-state index is 13.2. The van der Waals surface area contributed by atoms with Gasteiger partial charge in [-0.25, -0.2) is 8.78 Å². The van der Waals surface area contributed by atoms with E-state index in [0.717, 1.165) is 0 Å². The maximum atomic E-state index is 13.2. The lowest BCUT2D eigenvalue weighted by Gasteiger charge is -2.14. The van der Waals surface area contributed by atoms with Gasteiger partial charge in [-0.05, 0) is 19.1 Å². The monoisotopic (exact) mass is 200 g/mol. The lowest BCUT2D eigenvalue weighted by molar-refractivity contribution is 0.492. The number of hydrogen-bond donors (Lipinski definition) is 2. The second-order valence-electron chi connectivity index (χ2n) is 3.10. The molecule has 2 nitrogen and oxygen atoms in total. The highest BCUT2D eigenvalue weighted by atomic mass is 19.1. The van der Waals surface area contributed by atoms with E-state index in [0.29, 0.717) is 13.1 Å². The van der Waals surface area contributed by atoms with E-state index in [1.54, 1.807) is 6.92 Å². The smallest absolute Gasteiger partial charge is 0.130 e. The topological polar surface area (TPSA) is 38.0 Å². The zero-order valence-corrected chi connectivity index (χ0v) is 8.06. The van der Waals surface area contributed by atoms with E-state index in [4.69, 9.17) is 5.73 Å². The van der Waals surface area contributed by atoms with Crippen molar-refractivity contribution < 1.29 is 8.78 Å². The van der Waals surface area contributed by atoms with Crippen molar-refractivity contribution in [3.63, 3.8) is 0 Å². The molecular formula is C10H14F2N2. The molecule has 0 bridgehead atoms. The van der Waals surface area contributed by atoms with Crippen LogP contribution >= 0.6 is 0 Å². The Morgan fingerprint density at radius 1 is 1.36 bits per heavy atom. The molecule has 1 rings (SSSR count). The fraction of sp³-hybridized carbons (Fsp3) is 0.400. The summed E-state index contributed by atoms with van der Waals surface area (Å²) in [4.78, 5) is 0. The van der Waals surface area contributed by atoms with Gasteiger partial charge in [0.2, 0.25) is 0 Å². The van der Waals surface area contributed by atoms with Crippen molar-refractivity contribution >= 4 is 0 Å². The van der Waals surface area contributed by atoms with Crippen molar-refractivity contribution in [2.45, 2.75) is 13.0 Å². The summed E-state index contributed by atoms with van der Waals surface area (Å²) >= 11 is 0. The van der Waals surface area contributed by atoms with Crippen molar-refractivity contribution in [3.05, 3.63) is 35.4 Å². The van der Waals surface area contributed by atoms with Crippen LogP contribution in [0.1, 0.15) is 18.5 Å². The van der Waals surface area contributed by atoms with Gasteiger partial charge >= 0.3 is 0 Å². The first-order chi connectivity index (χ1) is 6.66. The van der Waals surface area contributed by atoms with Gasteiger partial charge in [-0.3, -0.25) is 0 Å². The molecule has 0 aliphatic rings. The van der Waals surface area contributed by atoms with Gasteiger partial charge in [-0.15, -0.1) is 0 Å². The zero-order valence-electron chi connectivity index (χ0n) is 8.06. The molecule has 14 heavy (non-hydrogen) atoms. The zero-order chi connectivity index (χ0) is 10.6. The van der Waals surface area contributed by atoms with Gasteiger partial charge < -0.3 is 11.1 Å². The Morgan fingerprint density at radius 2 is 1.93 bits per heavy atom. The molecule has 0 aliphatic heterocycles. The van der Waals surface area contributed by atoms with Crippen LogP contribution in [-0.2, 0) is 0 Å². The van der Waals surface area contributed by atoms with Gasteiger partial charge in [0, 0.05) is 24.7 Å². The van der Waals surface area contributed by atoms with Crippen LogP contribution in [0, 0.1) is 11.6 Å². The molecule has 78 valence electrons. The molecule has 0 spiro atoms. The molecule has 0 aliphatic carbocycles. The van der Waals surface area contributed by atoms with Gasteiger partial charge in [-0.1, -0.05) is 6.07 Å². The highest BCUT2D eigenvalue weighted by molar-refractivity contribution is 5.22. The van der Waals surface area contributed by atoms with Crippen molar-refractivity contribution in [2.75, 3.05) is 13.1 Å². The number of nitrogens with one attached hydrogen (secondary N) is 1. The Morgan fingerprint density at radius 3 is 2.43 bits per heavy atom. The minimum absolute atomic E-state index is 0.0703. The van der Waals surface area contributed by atoms with Gasteiger partial charge in [0.25, 0.3) is 0 Å². The maximum Gasteiger partial charge on any atom is 0.130 e. The first-order valence-corrected chi connectivity index (χ1v) is 4.54. The third-order valence-electron chi connectivity index (χ3n) is 2.03. The largest absolute Gasteiger partial charge is 0.329 e. The minimum Gasteiger partial charge on any atom is -0.329 e. The highest BCUT2D eigenvalue weighted by Crippen LogP contribution is 2.19. The summed E-state index contributed by atoms with van der Waals surface area (Å²) in [5.41, 5.74) is 5.35. The predicted molar refractivity (Wildman–Crippen MR) is 51.8 cm³/mol. The standard InChI is InChI=1S/C10H14F2N2/c1-7(14-6-5-13)10-8(11)3-2-4-9(10)12/h2-4,7,14H,5-6,13H2,1H3. The van der Waals surface area contributed by atoms with Crippen LogP contribution in [0.3, 0.4) is 0 Å². The van der Waals surface area contributed by atoms with E-state index in [9.17, 15) is 8.78 Å². The van der Waals surface area contributed by atoms with Gasteiger partial charge in [0.15, 0.2) is 0 Å². The molecule has 1 aromatic carbocycles. The molecule has 1 atom stereocenters. The molecule has 0 fully saturated rings. The van der Waals surface area contributed by atoms with Crippen LogP contribution in [0.2, 0.25) is 0 Å². The Kier molecular flexibility index (Phi) is 3.98. The summed E-state index contributed by atoms with van der Waals surface area (Å²) in [6, 6.07) is 3.49. The Hall–Kier alpha value is -1.00. The number of benzene rings is 1. The highest BCUT2D eigenvalue weighted by Gasteiger charge is 2.14. The average Bonchev–Trinajstić information content (AvgIpc) is 2.14. The number of rotatable bonds is 4. The quantitative estimate of drug-likeness (QED) is 0.774. The first-order valence-electron chi connectivity index (χ1n) is 4.54. The van der Waals surface area contributed by atoms with Crippen molar-refractivity contribution in [1.82, 2.24) is 5.32 Å². The molecule has 0 saturated carbocycles. The van der Waals surface area contributed by atoms with E-state index in [1.165, 1.54) is 18.2 Å². The van der Waals surface area contributed by atoms with E-state index < -0.39 is 11.6 Å². The lowest BCUT2D eigenvalue weighted by Crippen LogP contribution is -2.26. The third-order valence-corrected chi connectivity index (χ3v) is 2.03. The molecule has 0 radical (unpaired) electrons. The minimum atomic E-state index is -0.526. The Balaban J connectivity index is 2.82. The van der Waals surface area contributed by atoms with Crippen LogP contribution in [-0.4, -0.2) is 13.1 Å². The SMILES string of the molecule is CC(NCCN)c1c(F)cccc1F. The molecule has 0 saturated heterocycles. The molecule has 0 amide bonds. The molecule has 0 heterocycles. The van der Waals surface area contributed by atoms with E-state index >= 15 is 0 Å². The lowest BCUT2D eigenvalue weighted by atomic mass is 10.1. The molecule has 3 N–H and O–H groups in total. The van der Waals surface area contributed by atoms with E-state index in [-0.39, 0.29) is 11.6 Å². The normalized spacial score (nSPS) is 12.9. The molecule has 1 aromatic rings. The van der Waals surface area contributed by atoms with Crippen LogP contribution in [0.5, 0.6) is 0 Å². The Labute approximate surface area is 82.1 Å². The van der Waals surface area contributed by atoms with Gasteiger partial charge in [-0.2, -0.15) is 0 Å². The molecular weight excluding hydrogens is 186 g/mol. The van der Waals surface area contributed by atoms with Crippen molar-refractivity contribution in [2.24, 2.45) is 5.73 Å². The average molecular weight is 200 g/mol. The van der Waals surface area contributed by atoms with Crippen LogP contribution in [0.4, 0.5) is 8.78 Å². The predicted octanol–water partition coefficient (Wildman–Crippen LogP) is 1.57. The second-order valence-corrected chi connectivity index (χ2v) is 3.10. The fourth-order valence-electron chi connectivity index (χ4n) is 1.33. The number of halogens is 2. The summed E-state index contributed by atoms with van der Waals surface area (Å²) in [5, 5.41) is 2.93. The first kappa shape index (κ1) is 11.1. The summed E-state index contributed by atoms with van der Waals surface area (Å²) < 4.78 is 26.4. The summed E-state index contributed by atoms with van der Waals surface area (Å²) in [6.07, 6.45) is 0. The summed E-state index contributed by atoms with van der Waals surface area (Å²) in [5.74, 6) is -1.05.